The maximum atomic E-state index is 11.4. The summed E-state index contributed by atoms with van der Waals surface area (Å²) in [6.07, 6.45) is 3.23. The number of nitrogens with two attached hydrogens (primary N) is 1. The van der Waals surface area contributed by atoms with Crippen molar-refractivity contribution in [3.8, 4) is 0 Å². The first-order chi connectivity index (χ1) is 6.65. The first-order valence-electron chi connectivity index (χ1n) is 5.00. The summed E-state index contributed by atoms with van der Waals surface area (Å²) in [4.78, 5) is 13.1. The minimum absolute atomic E-state index is 0.170. The van der Waals surface area contributed by atoms with Gasteiger partial charge in [-0.15, -0.1) is 0 Å². The molecule has 0 aromatic carbocycles. The SMILES string of the molecule is C=C(CCCN)CN1C(=C)CCC1=O. The van der Waals surface area contributed by atoms with Crippen LogP contribution in [0.15, 0.2) is 24.4 Å². The number of hydrogen-bond acceptors (Lipinski definition) is 2. The highest BCUT2D eigenvalue weighted by atomic mass is 16.2. The van der Waals surface area contributed by atoms with Crippen molar-refractivity contribution in [3.63, 3.8) is 0 Å². The fraction of sp³-hybridized carbons (Fsp3) is 0.545. The summed E-state index contributed by atoms with van der Waals surface area (Å²) in [5, 5.41) is 0. The van der Waals surface area contributed by atoms with Gasteiger partial charge in [0.1, 0.15) is 0 Å². The van der Waals surface area contributed by atoms with Crippen LogP contribution < -0.4 is 5.73 Å². The third-order valence-electron chi connectivity index (χ3n) is 2.43. The maximum absolute atomic E-state index is 11.4. The van der Waals surface area contributed by atoms with E-state index < -0.39 is 0 Å². The third-order valence-corrected chi connectivity index (χ3v) is 2.43. The molecule has 0 aromatic rings. The van der Waals surface area contributed by atoms with E-state index in [1.807, 2.05) is 0 Å². The van der Waals surface area contributed by atoms with Crippen molar-refractivity contribution < 1.29 is 4.79 Å². The summed E-state index contributed by atoms with van der Waals surface area (Å²) in [6.45, 7) is 9.09. The molecule has 1 fully saturated rings. The van der Waals surface area contributed by atoms with E-state index in [1.165, 1.54) is 0 Å². The number of hydrogen-bond donors (Lipinski definition) is 1. The molecule has 1 aliphatic heterocycles. The molecule has 0 spiro atoms. The number of amides is 1. The molecule has 1 saturated heterocycles. The Labute approximate surface area is 85.3 Å². The molecule has 1 heterocycles. The number of likely N-dealkylation sites (tertiary alicyclic amines) is 1. The zero-order valence-electron chi connectivity index (χ0n) is 8.59. The van der Waals surface area contributed by atoms with Crippen molar-refractivity contribution in [3.05, 3.63) is 24.4 Å². The van der Waals surface area contributed by atoms with E-state index in [-0.39, 0.29) is 5.91 Å². The highest BCUT2D eigenvalue weighted by molar-refractivity contribution is 5.81. The van der Waals surface area contributed by atoms with Crippen LogP contribution in [0.2, 0.25) is 0 Å². The minimum atomic E-state index is 0.170. The molecule has 0 bridgehead atoms. The summed E-state index contributed by atoms with van der Waals surface area (Å²) in [6, 6.07) is 0. The second-order valence-corrected chi connectivity index (χ2v) is 3.69. The van der Waals surface area contributed by atoms with Crippen LogP contribution in [0.5, 0.6) is 0 Å². The molecule has 0 saturated carbocycles. The molecule has 0 atom stereocenters. The normalized spacial score (nSPS) is 16.5. The van der Waals surface area contributed by atoms with Crippen molar-refractivity contribution in [1.29, 1.82) is 0 Å². The molecule has 1 rings (SSSR count). The molecule has 1 aliphatic rings. The van der Waals surface area contributed by atoms with Crippen molar-refractivity contribution >= 4 is 5.91 Å². The van der Waals surface area contributed by atoms with Gasteiger partial charge in [-0.05, 0) is 25.8 Å². The fourth-order valence-corrected chi connectivity index (χ4v) is 1.55. The van der Waals surface area contributed by atoms with Gasteiger partial charge in [-0.25, -0.2) is 0 Å². The van der Waals surface area contributed by atoms with Gasteiger partial charge in [-0.1, -0.05) is 18.7 Å². The third kappa shape index (κ3) is 2.70. The summed E-state index contributed by atoms with van der Waals surface area (Å²) in [7, 11) is 0. The standard InChI is InChI=1S/C11H18N2O/c1-9(4-3-7-12)8-13-10(2)5-6-11(13)14/h1-8,12H2. The lowest BCUT2D eigenvalue weighted by Gasteiger charge is -2.18. The van der Waals surface area contributed by atoms with Gasteiger partial charge < -0.3 is 10.6 Å². The fourth-order valence-electron chi connectivity index (χ4n) is 1.55. The number of carbonyl (C=O) groups is 1. The Morgan fingerprint density at radius 3 is 2.71 bits per heavy atom. The van der Waals surface area contributed by atoms with Gasteiger partial charge in [0.05, 0.1) is 0 Å². The molecule has 3 heteroatoms. The smallest absolute Gasteiger partial charge is 0.227 e. The largest absolute Gasteiger partial charge is 0.330 e. The highest BCUT2D eigenvalue weighted by Gasteiger charge is 2.23. The van der Waals surface area contributed by atoms with Crippen LogP contribution in [0.25, 0.3) is 0 Å². The average Bonchev–Trinajstić information content (AvgIpc) is 2.46. The maximum Gasteiger partial charge on any atom is 0.227 e. The first kappa shape index (κ1) is 11.0. The number of allylic oxidation sites excluding steroid dienone is 1. The first-order valence-corrected chi connectivity index (χ1v) is 5.00. The van der Waals surface area contributed by atoms with Gasteiger partial charge in [0.15, 0.2) is 0 Å². The molecule has 0 aliphatic carbocycles. The molecule has 1 amide bonds. The topological polar surface area (TPSA) is 46.3 Å². The molecule has 0 radical (unpaired) electrons. The predicted octanol–water partition coefficient (Wildman–Crippen LogP) is 1.42. The van der Waals surface area contributed by atoms with E-state index in [0.717, 1.165) is 30.5 Å². The Balaban J connectivity index is 2.39. The molecule has 78 valence electrons. The zero-order chi connectivity index (χ0) is 10.6. The highest BCUT2D eigenvalue weighted by Crippen LogP contribution is 2.22. The van der Waals surface area contributed by atoms with Crippen LogP contribution in [0.4, 0.5) is 0 Å². The van der Waals surface area contributed by atoms with Gasteiger partial charge in [-0.2, -0.15) is 0 Å². The van der Waals surface area contributed by atoms with Crippen molar-refractivity contribution in [2.75, 3.05) is 13.1 Å². The Bertz CT molecular complexity index is 242. The molecular weight excluding hydrogens is 176 g/mol. The molecule has 0 unspecified atom stereocenters. The van der Waals surface area contributed by atoms with Crippen LogP contribution in [0.1, 0.15) is 25.7 Å². The van der Waals surface area contributed by atoms with E-state index in [9.17, 15) is 4.79 Å². The quantitative estimate of drug-likeness (QED) is 0.673. The second-order valence-electron chi connectivity index (χ2n) is 3.69. The summed E-state index contributed by atoms with van der Waals surface area (Å²) < 4.78 is 0. The number of carbonyl (C=O) groups excluding carboxylic acids is 1. The van der Waals surface area contributed by atoms with Crippen LogP contribution in [-0.4, -0.2) is 23.9 Å². The Hall–Kier alpha value is -1.09. The lowest BCUT2D eigenvalue weighted by atomic mass is 10.1. The number of rotatable bonds is 5. The minimum Gasteiger partial charge on any atom is -0.330 e. The lowest BCUT2D eigenvalue weighted by molar-refractivity contribution is -0.126. The average molecular weight is 194 g/mol. The van der Waals surface area contributed by atoms with Crippen LogP contribution in [-0.2, 0) is 4.79 Å². The van der Waals surface area contributed by atoms with Gasteiger partial charge in [-0.3, -0.25) is 4.79 Å². The number of nitrogens with zero attached hydrogens (tertiary/aromatic N) is 1. The molecule has 2 N–H and O–H groups in total. The van der Waals surface area contributed by atoms with Crippen LogP contribution in [0, 0.1) is 0 Å². The van der Waals surface area contributed by atoms with Gasteiger partial charge in [0.25, 0.3) is 0 Å². The van der Waals surface area contributed by atoms with Crippen LogP contribution in [0.3, 0.4) is 0 Å². The predicted molar refractivity (Wildman–Crippen MR) is 57.5 cm³/mol. The Kier molecular flexibility index (Phi) is 3.89. The summed E-state index contributed by atoms with van der Waals surface area (Å²) in [5.74, 6) is 0.170. The molecule has 0 aromatic heterocycles. The van der Waals surface area contributed by atoms with Crippen molar-refractivity contribution in [2.45, 2.75) is 25.7 Å². The van der Waals surface area contributed by atoms with Crippen molar-refractivity contribution in [1.82, 2.24) is 4.90 Å². The van der Waals surface area contributed by atoms with Gasteiger partial charge in [0.2, 0.25) is 5.91 Å². The monoisotopic (exact) mass is 194 g/mol. The summed E-state index contributed by atoms with van der Waals surface area (Å²) in [5.41, 5.74) is 7.38. The second kappa shape index (κ2) is 4.96. The van der Waals surface area contributed by atoms with Crippen molar-refractivity contribution in [2.24, 2.45) is 5.73 Å². The van der Waals surface area contributed by atoms with E-state index in [0.29, 0.717) is 19.5 Å². The van der Waals surface area contributed by atoms with E-state index >= 15 is 0 Å². The van der Waals surface area contributed by atoms with Crippen LogP contribution >= 0.6 is 0 Å². The Morgan fingerprint density at radius 1 is 1.50 bits per heavy atom. The van der Waals surface area contributed by atoms with E-state index in [4.69, 9.17) is 5.73 Å². The Morgan fingerprint density at radius 2 is 2.21 bits per heavy atom. The zero-order valence-corrected chi connectivity index (χ0v) is 8.59. The van der Waals surface area contributed by atoms with E-state index in [2.05, 4.69) is 13.2 Å². The summed E-state index contributed by atoms with van der Waals surface area (Å²) >= 11 is 0. The van der Waals surface area contributed by atoms with Gasteiger partial charge in [0, 0.05) is 18.7 Å². The molecule has 14 heavy (non-hydrogen) atoms. The molecule has 3 nitrogen and oxygen atoms in total. The van der Waals surface area contributed by atoms with E-state index in [1.54, 1.807) is 4.90 Å². The lowest BCUT2D eigenvalue weighted by Crippen LogP contribution is -2.25. The van der Waals surface area contributed by atoms with Gasteiger partial charge >= 0.3 is 0 Å². The molecular formula is C11H18N2O.